The van der Waals surface area contributed by atoms with Gasteiger partial charge in [-0.05, 0) is 38.8 Å². The third-order valence-electron chi connectivity index (χ3n) is 1.65. The molecule has 0 aromatic carbocycles. The highest BCUT2D eigenvalue weighted by Crippen LogP contribution is 2.21. The van der Waals surface area contributed by atoms with Crippen molar-refractivity contribution in [3.8, 4) is 0 Å². The number of hydrogen-bond donors (Lipinski definition) is 0. The first-order chi connectivity index (χ1) is 6.04. The van der Waals surface area contributed by atoms with Crippen molar-refractivity contribution < 1.29 is 4.39 Å². The van der Waals surface area contributed by atoms with Crippen LogP contribution in [-0.4, -0.2) is 6.21 Å². The lowest BCUT2D eigenvalue weighted by molar-refractivity contribution is 0.639. The summed E-state index contributed by atoms with van der Waals surface area (Å²) >= 11 is 0. The zero-order valence-corrected chi connectivity index (χ0v) is 8.69. The maximum Gasteiger partial charge on any atom is 0.151 e. The van der Waals surface area contributed by atoms with Gasteiger partial charge in [-0.2, -0.15) is 0 Å². The Morgan fingerprint density at radius 1 is 1.31 bits per heavy atom. The standard InChI is InChI=1S/C11H16FN/c1-6-9(5)10(12)11(8(3)4)13-7-2/h6-7H,3H2,1-2,4-5H3/b9-6-,11-10+,13-7?. The number of rotatable bonds is 3. The Morgan fingerprint density at radius 3 is 2.15 bits per heavy atom. The molecule has 0 saturated carbocycles. The summed E-state index contributed by atoms with van der Waals surface area (Å²) < 4.78 is 13.5. The normalized spacial score (nSPS) is 14.7. The van der Waals surface area contributed by atoms with Crippen LogP contribution in [0.1, 0.15) is 27.7 Å². The number of aliphatic imine (C=N–C) groups is 1. The van der Waals surface area contributed by atoms with Crippen molar-refractivity contribution in [2.75, 3.05) is 0 Å². The van der Waals surface area contributed by atoms with Gasteiger partial charge >= 0.3 is 0 Å². The molecule has 0 saturated heterocycles. The van der Waals surface area contributed by atoms with E-state index in [4.69, 9.17) is 0 Å². The van der Waals surface area contributed by atoms with E-state index in [0.717, 1.165) is 0 Å². The smallest absolute Gasteiger partial charge is 0.151 e. The van der Waals surface area contributed by atoms with Crippen LogP contribution in [-0.2, 0) is 0 Å². The van der Waals surface area contributed by atoms with Gasteiger partial charge in [0.05, 0.1) is 0 Å². The van der Waals surface area contributed by atoms with Gasteiger partial charge < -0.3 is 0 Å². The molecule has 0 unspecified atom stereocenters. The van der Waals surface area contributed by atoms with E-state index in [1.54, 1.807) is 40.0 Å². The van der Waals surface area contributed by atoms with Gasteiger partial charge in [-0.15, -0.1) is 0 Å². The highest BCUT2D eigenvalue weighted by atomic mass is 19.1. The topological polar surface area (TPSA) is 12.4 Å². The van der Waals surface area contributed by atoms with Crippen LogP contribution >= 0.6 is 0 Å². The molecular formula is C11H16FN. The number of nitrogens with zero attached hydrogens (tertiary/aromatic N) is 1. The fraction of sp³-hybridized carbons (Fsp3) is 0.364. The first kappa shape index (κ1) is 11.8. The van der Waals surface area contributed by atoms with E-state index in [0.29, 0.717) is 16.8 Å². The largest absolute Gasteiger partial charge is 0.258 e. The van der Waals surface area contributed by atoms with E-state index < -0.39 is 0 Å². The molecular weight excluding hydrogens is 165 g/mol. The van der Waals surface area contributed by atoms with Crippen LogP contribution in [0.3, 0.4) is 0 Å². The number of allylic oxidation sites excluding steroid dienone is 4. The molecule has 0 N–H and O–H groups in total. The highest BCUT2D eigenvalue weighted by molar-refractivity contribution is 5.58. The SMILES string of the molecule is C=C(C)/C(N=CC)=C(F)/C(C)=C\C. The van der Waals surface area contributed by atoms with Crippen molar-refractivity contribution >= 4 is 6.21 Å². The second-order valence-electron chi connectivity index (χ2n) is 2.80. The molecule has 0 bridgehead atoms. The second kappa shape index (κ2) is 5.46. The fourth-order valence-electron chi connectivity index (χ4n) is 0.797. The third kappa shape index (κ3) is 3.36. The molecule has 0 radical (unpaired) electrons. The molecule has 0 fully saturated rings. The molecule has 0 aliphatic heterocycles. The zero-order chi connectivity index (χ0) is 10.4. The lowest BCUT2D eigenvalue weighted by Gasteiger charge is -2.03. The summed E-state index contributed by atoms with van der Waals surface area (Å²) in [5.41, 5.74) is 1.55. The van der Waals surface area contributed by atoms with Crippen LogP contribution < -0.4 is 0 Å². The Balaban J connectivity index is 5.21. The van der Waals surface area contributed by atoms with Crippen LogP contribution in [0.15, 0.2) is 40.3 Å². The lowest BCUT2D eigenvalue weighted by atomic mass is 10.1. The summed E-state index contributed by atoms with van der Waals surface area (Å²) in [4.78, 5) is 3.93. The second-order valence-corrected chi connectivity index (χ2v) is 2.80. The van der Waals surface area contributed by atoms with Gasteiger partial charge in [-0.3, -0.25) is 4.99 Å². The Labute approximate surface area is 79.4 Å². The van der Waals surface area contributed by atoms with Crippen molar-refractivity contribution in [2.24, 2.45) is 4.99 Å². The van der Waals surface area contributed by atoms with Crippen LogP contribution in [0.25, 0.3) is 0 Å². The van der Waals surface area contributed by atoms with Crippen LogP contribution in [0.5, 0.6) is 0 Å². The maximum absolute atomic E-state index is 13.5. The Morgan fingerprint density at radius 2 is 1.85 bits per heavy atom. The van der Waals surface area contributed by atoms with Gasteiger partial charge in [0.1, 0.15) is 5.70 Å². The van der Waals surface area contributed by atoms with Crippen molar-refractivity contribution in [1.29, 1.82) is 0 Å². The average molecular weight is 181 g/mol. The predicted octanol–water partition coefficient (Wildman–Crippen LogP) is 3.80. The summed E-state index contributed by atoms with van der Waals surface area (Å²) in [5, 5.41) is 0. The van der Waals surface area contributed by atoms with Gasteiger partial charge in [0, 0.05) is 6.21 Å². The number of hydrogen-bond acceptors (Lipinski definition) is 1. The molecule has 0 atom stereocenters. The molecule has 0 aliphatic rings. The molecule has 1 nitrogen and oxygen atoms in total. The summed E-state index contributed by atoms with van der Waals surface area (Å²) in [6.07, 6.45) is 3.27. The Hall–Kier alpha value is -1.18. The van der Waals surface area contributed by atoms with Gasteiger partial charge in [-0.25, -0.2) is 4.39 Å². The van der Waals surface area contributed by atoms with Crippen molar-refractivity contribution in [3.63, 3.8) is 0 Å². The van der Waals surface area contributed by atoms with E-state index in [1.807, 2.05) is 0 Å². The fourth-order valence-corrected chi connectivity index (χ4v) is 0.797. The van der Waals surface area contributed by atoms with E-state index in [9.17, 15) is 4.39 Å². The molecule has 13 heavy (non-hydrogen) atoms. The maximum atomic E-state index is 13.5. The van der Waals surface area contributed by atoms with Crippen molar-refractivity contribution in [1.82, 2.24) is 0 Å². The van der Waals surface area contributed by atoms with Gasteiger partial charge in [-0.1, -0.05) is 12.7 Å². The van der Waals surface area contributed by atoms with Gasteiger partial charge in [0.25, 0.3) is 0 Å². The summed E-state index contributed by atoms with van der Waals surface area (Å²) in [6, 6.07) is 0. The minimum absolute atomic E-state index is 0.298. The quantitative estimate of drug-likeness (QED) is 0.464. The monoisotopic (exact) mass is 181 g/mol. The first-order valence-corrected chi connectivity index (χ1v) is 4.22. The molecule has 0 heterocycles. The summed E-state index contributed by atoms with van der Waals surface area (Å²) in [6.45, 7) is 10.7. The predicted molar refractivity (Wildman–Crippen MR) is 56.5 cm³/mol. The van der Waals surface area contributed by atoms with E-state index >= 15 is 0 Å². The number of halogens is 1. The molecule has 0 rings (SSSR count). The molecule has 2 heteroatoms. The van der Waals surface area contributed by atoms with Crippen LogP contribution in [0.4, 0.5) is 4.39 Å². The summed E-state index contributed by atoms with van der Waals surface area (Å²) in [7, 11) is 0. The minimum Gasteiger partial charge on any atom is -0.258 e. The van der Waals surface area contributed by atoms with E-state index in [2.05, 4.69) is 11.6 Å². The van der Waals surface area contributed by atoms with E-state index in [1.165, 1.54) is 0 Å². The van der Waals surface area contributed by atoms with Crippen molar-refractivity contribution in [2.45, 2.75) is 27.7 Å². The van der Waals surface area contributed by atoms with Gasteiger partial charge in [0.2, 0.25) is 0 Å². The van der Waals surface area contributed by atoms with Crippen LogP contribution in [0, 0.1) is 0 Å². The molecule has 0 aromatic rings. The molecule has 72 valence electrons. The first-order valence-electron chi connectivity index (χ1n) is 4.22. The zero-order valence-electron chi connectivity index (χ0n) is 8.69. The minimum atomic E-state index is -0.298. The van der Waals surface area contributed by atoms with Gasteiger partial charge in [0.15, 0.2) is 5.83 Å². The van der Waals surface area contributed by atoms with Crippen molar-refractivity contribution in [3.05, 3.63) is 35.3 Å². The molecule has 0 amide bonds. The summed E-state index contributed by atoms with van der Waals surface area (Å²) in [5.74, 6) is -0.298. The molecule has 0 aromatic heterocycles. The third-order valence-corrected chi connectivity index (χ3v) is 1.65. The molecule has 0 aliphatic carbocycles. The molecule has 0 spiro atoms. The van der Waals surface area contributed by atoms with E-state index in [-0.39, 0.29) is 5.83 Å². The highest BCUT2D eigenvalue weighted by Gasteiger charge is 2.06. The Bertz CT molecular complexity index is 282. The Kier molecular flexibility index (Phi) is 4.97. The average Bonchev–Trinajstić information content (AvgIpc) is 2.11. The van der Waals surface area contributed by atoms with Crippen LogP contribution in [0.2, 0.25) is 0 Å². The lowest BCUT2D eigenvalue weighted by Crippen LogP contribution is -1.88.